The molecule has 1 unspecified atom stereocenters. The van der Waals surface area contributed by atoms with Gasteiger partial charge in [-0.25, -0.2) is 87.8 Å². The Morgan fingerprint density at radius 3 is 0.701 bits per heavy atom. The van der Waals surface area contributed by atoms with Gasteiger partial charge in [-0.05, 0) is 37.8 Å². The van der Waals surface area contributed by atoms with Crippen molar-refractivity contribution in [1.82, 2.24) is 4.48 Å². The third kappa shape index (κ3) is 14.0. The molecule has 0 spiro atoms. The average molecular weight is 1120 g/mol. The highest BCUT2D eigenvalue weighted by molar-refractivity contribution is 7.20. The Hall–Kier alpha value is -5.28. The first-order valence-electron chi connectivity index (χ1n) is 26.1. The number of nitrogens with zero attached hydrogens (tertiary/aromatic N) is 1. The maximum atomic E-state index is 15.4. The molecule has 426 valence electrons. The molecule has 0 saturated carbocycles. The summed E-state index contributed by atoms with van der Waals surface area (Å²) in [5, 5.41) is 0. The molecule has 0 aliphatic rings. The fourth-order valence-corrected chi connectivity index (χ4v) is 9.79. The molecule has 0 aliphatic heterocycles. The SMILES string of the molecule is Fc1c(F)c(F)c([B-](c2c(F)c(F)c(F)c(F)c2F)(c2c(F)c(F)c(F)c(F)c2F)c2c(F)c(F)c(F)c(F)c2F)c(F)c1F.[2H]C[N+](CCCCCC)(CCCCCCCCCCCCCCCCCC)c1ccccc1. The van der Waals surface area contributed by atoms with Gasteiger partial charge in [-0.15, -0.1) is 21.9 Å². The molecular formula is C55H58BF20N. The largest absolute Gasteiger partial charge is 0.294 e. The molecule has 1 atom stereocenters. The molecule has 5 aromatic rings. The van der Waals surface area contributed by atoms with Crippen molar-refractivity contribution >= 4 is 33.7 Å². The van der Waals surface area contributed by atoms with E-state index in [2.05, 4.69) is 44.2 Å². The molecule has 0 bridgehead atoms. The standard InChI is InChI=1S/C31H58N.C24BF20/c1-4-6-8-10-11-12-13-14-15-16-17-18-19-20-21-26-30-32(3,29-25-9-7-5-2)31-27-23-22-24-28-31;26-5-1(6(27)14(35)21(42)13(5)34)25(2-7(28)15(36)22(43)16(37)8(2)29,3-9(30)17(38)23(44)18(39)10(3)31)4-11(32)19(40)24(45)20(41)12(4)33/h22-24,27-28H,4-21,25-26,29-30H2,1-3H3;/q+1;-1/i3D;. The van der Waals surface area contributed by atoms with Gasteiger partial charge in [0.25, 0.3) is 0 Å². The number of unbranched alkanes of at least 4 members (excludes halogenated alkanes) is 18. The first-order valence-corrected chi connectivity index (χ1v) is 25.4. The maximum absolute atomic E-state index is 15.4. The van der Waals surface area contributed by atoms with E-state index in [0.717, 1.165) is 17.6 Å². The highest BCUT2D eigenvalue weighted by atomic mass is 19.2. The molecule has 0 aromatic heterocycles. The van der Waals surface area contributed by atoms with Crippen molar-refractivity contribution in [2.24, 2.45) is 0 Å². The number of quaternary nitrogens is 1. The smallest absolute Gasteiger partial charge is 0.200 e. The Morgan fingerprint density at radius 1 is 0.286 bits per heavy atom. The fraction of sp³-hybridized carbons (Fsp3) is 0.455. The molecule has 0 N–H and O–H groups in total. The van der Waals surface area contributed by atoms with E-state index in [-0.39, 0.29) is 0 Å². The molecule has 5 aromatic carbocycles. The van der Waals surface area contributed by atoms with Crippen LogP contribution in [0.1, 0.15) is 144 Å². The zero-order valence-electron chi connectivity index (χ0n) is 43.2. The number of halogens is 20. The van der Waals surface area contributed by atoms with E-state index in [1.165, 1.54) is 134 Å². The minimum absolute atomic E-state index is 0.481. The molecule has 77 heavy (non-hydrogen) atoms. The predicted molar refractivity (Wildman–Crippen MR) is 257 cm³/mol. The van der Waals surface area contributed by atoms with Crippen molar-refractivity contribution < 1.29 is 89.2 Å². The number of rotatable bonds is 27. The molecule has 0 amide bonds. The van der Waals surface area contributed by atoms with Crippen LogP contribution in [0.2, 0.25) is 0 Å². The van der Waals surface area contributed by atoms with E-state index in [1.54, 1.807) is 0 Å². The predicted octanol–water partition coefficient (Wildman–Crippen LogP) is 16.3. The fourth-order valence-electron chi connectivity index (χ4n) is 9.79. The van der Waals surface area contributed by atoms with Crippen molar-refractivity contribution in [1.29, 1.82) is 0 Å². The van der Waals surface area contributed by atoms with Gasteiger partial charge in [0, 0.05) is 0 Å². The summed E-state index contributed by atoms with van der Waals surface area (Å²) in [6.45, 7) is 6.84. The summed E-state index contributed by atoms with van der Waals surface area (Å²) in [5.74, 6) is -71.4. The van der Waals surface area contributed by atoms with Crippen LogP contribution in [0.3, 0.4) is 0 Å². The van der Waals surface area contributed by atoms with Gasteiger partial charge in [0.1, 0.15) is 58.4 Å². The molecule has 0 heterocycles. The molecule has 0 saturated heterocycles. The van der Waals surface area contributed by atoms with Crippen molar-refractivity contribution in [2.45, 2.75) is 142 Å². The third-order valence-corrected chi connectivity index (χ3v) is 13.9. The second-order valence-corrected chi connectivity index (χ2v) is 19.1. The normalized spacial score (nSPS) is 12.7. The van der Waals surface area contributed by atoms with Gasteiger partial charge in [0.15, 0.2) is 69.8 Å². The first-order chi connectivity index (χ1) is 37.0. The Kier molecular flexibility index (Phi) is 23.6. The summed E-state index contributed by atoms with van der Waals surface area (Å²) >= 11 is 0. The van der Waals surface area contributed by atoms with Crippen LogP contribution in [0.4, 0.5) is 93.5 Å². The summed E-state index contributed by atoms with van der Waals surface area (Å²) in [7, 11) is 0.481. The first kappa shape index (κ1) is 62.6. The van der Waals surface area contributed by atoms with Gasteiger partial charge in [-0.1, -0.05) is 135 Å². The molecule has 5 rings (SSSR count). The second kappa shape index (κ2) is 29.1. The monoisotopic (exact) mass is 1120 g/mol. The van der Waals surface area contributed by atoms with Crippen LogP contribution in [-0.2, 0) is 0 Å². The van der Waals surface area contributed by atoms with Gasteiger partial charge in [-0.3, -0.25) is 4.48 Å². The van der Waals surface area contributed by atoms with Crippen LogP contribution in [0.5, 0.6) is 0 Å². The summed E-state index contributed by atoms with van der Waals surface area (Å²) in [6, 6.07) is 10.9. The van der Waals surface area contributed by atoms with Crippen molar-refractivity contribution in [3.63, 3.8) is 0 Å². The third-order valence-electron chi connectivity index (χ3n) is 13.9. The molecular weight excluding hydrogens is 1070 g/mol. The quantitative estimate of drug-likeness (QED) is 0.0123. The van der Waals surface area contributed by atoms with Crippen molar-refractivity contribution in [3.8, 4) is 0 Å². The van der Waals surface area contributed by atoms with Gasteiger partial charge in [-0.2, -0.15) is 0 Å². The van der Waals surface area contributed by atoms with E-state index in [9.17, 15) is 52.7 Å². The lowest BCUT2D eigenvalue weighted by Crippen LogP contribution is -2.81. The van der Waals surface area contributed by atoms with Crippen LogP contribution in [0.15, 0.2) is 30.3 Å². The molecule has 0 fully saturated rings. The number of benzene rings is 5. The lowest BCUT2D eigenvalue weighted by molar-refractivity contribution is 0.310. The Morgan fingerprint density at radius 2 is 0.481 bits per heavy atom. The number of hydrogen-bond acceptors (Lipinski definition) is 0. The molecule has 0 radical (unpaired) electrons. The summed E-state index contributed by atoms with van der Waals surface area (Å²) in [4.78, 5) is 0. The lowest BCUT2D eigenvalue weighted by Gasteiger charge is -2.44. The highest BCUT2D eigenvalue weighted by Gasteiger charge is 2.52. The van der Waals surface area contributed by atoms with Gasteiger partial charge < -0.3 is 0 Å². The van der Waals surface area contributed by atoms with E-state index < -0.39 is 144 Å². The number of para-hydroxylation sites is 1. The Bertz CT molecular complexity index is 2420. The van der Waals surface area contributed by atoms with Crippen LogP contribution in [-0.4, -0.2) is 26.3 Å². The Labute approximate surface area is 435 Å². The summed E-state index contributed by atoms with van der Waals surface area (Å²) in [6.07, 6.45) is 20.6. The second-order valence-electron chi connectivity index (χ2n) is 19.1. The van der Waals surface area contributed by atoms with Crippen LogP contribution in [0, 0.1) is 116 Å². The van der Waals surface area contributed by atoms with Gasteiger partial charge in [0.05, 0.1) is 21.5 Å². The van der Waals surface area contributed by atoms with E-state index in [4.69, 9.17) is 1.37 Å². The minimum Gasteiger partial charge on any atom is -0.294 e. The zero-order chi connectivity index (χ0) is 58.2. The summed E-state index contributed by atoms with van der Waals surface area (Å²) < 4.78 is 303. The lowest BCUT2D eigenvalue weighted by atomic mass is 9.12. The molecule has 22 heteroatoms. The highest BCUT2D eigenvalue weighted by Crippen LogP contribution is 2.31. The summed E-state index contributed by atoms with van der Waals surface area (Å²) in [5.41, 5.74) is -13.0. The van der Waals surface area contributed by atoms with E-state index in [0.29, 0.717) is 7.02 Å². The van der Waals surface area contributed by atoms with Crippen LogP contribution < -0.4 is 26.3 Å². The molecule has 1 nitrogen and oxygen atoms in total. The topological polar surface area (TPSA) is 0 Å². The van der Waals surface area contributed by atoms with Crippen LogP contribution in [0.25, 0.3) is 0 Å². The van der Waals surface area contributed by atoms with Crippen molar-refractivity contribution in [2.75, 3.05) is 20.1 Å². The van der Waals surface area contributed by atoms with Crippen LogP contribution >= 0.6 is 0 Å². The average Bonchev–Trinajstić information content (AvgIpc) is 3.44. The Balaban J connectivity index is 0.000000354. The van der Waals surface area contributed by atoms with Gasteiger partial charge in [0.2, 0.25) is 0 Å². The molecule has 0 aliphatic carbocycles. The van der Waals surface area contributed by atoms with E-state index >= 15 is 35.1 Å². The zero-order valence-corrected chi connectivity index (χ0v) is 42.2. The minimum atomic E-state index is -7.22. The number of hydrogen-bond donors (Lipinski definition) is 0. The van der Waals surface area contributed by atoms with E-state index in [1.807, 2.05) is 0 Å². The van der Waals surface area contributed by atoms with Gasteiger partial charge >= 0.3 is 0 Å². The van der Waals surface area contributed by atoms with Crippen molar-refractivity contribution in [3.05, 3.63) is 147 Å². The maximum Gasteiger partial charge on any atom is 0.200 e.